The van der Waals surface area contributed by atoms with Crippen molar-refractivity contribution in [1.82, 2.24) is 24.5 Å². The lowest BCUT2D eigenvalue weighted by molar-refractivity contribution is -0.133. The van der Waals surface area contributed by atoms with Crippen LogP contribution in [0.15, 0.2) is 12.4 Å². The van der Waals surface area contributed by atoms with Gasteiger partial charge < -0.3 is 10.0 Å². The normalized spacial score (nSPS) is 12.2. The van der Waals surface area contributed by atoms with E-state index in [0.29, 0.717) is 6.54 Å². The first kappa shape index (κ1) is 17.7. The molecule has 1 N–H and O–H groups in total. The van der Waals surface area contributed by atoms with Crippen LogP contribution in [0, 0.1) is 13.8 Å². The average Bonchev–Trinajstić information content (AvgIpc) is 3.13. The molecule has 130 valence electrons. The summed E-state index contributed by atoms with van der Waals surface area (Å²) < 4.78 is 3.29. The summed E-state index contributed by atoms with van der Waals surface area (Å²) in [5, 5.41) is 17.4. The second-order valence-electron chi connectivity index (χ2n) is 5.85. The summed E-state index contributed by atoms with van der Waals surface area (Å²) in [6.07, 6.45) is 2.61. The number of carboxylic acid groups (broad SMARTS) is 1. The van der Waals surface area contributed by atoms with E-state index in [1.165, 1.54) is 17.1 Å². The van der Waals surface area contributed by atoms with Gasteiger partial charge in [-0.3, -0.25) is 14.2 Å². The summed E-state index contributed by atoms with van der Waals surface area (Å²) in [6.45, 7) is 8.89. The maximum absolute atomic E-state index is 12.6. The van der Waals surface area contributed by atoms with E-state index >= 15 is 0 Å². The van der Waals surface area contributed by atoms with E-state index < -0.39 is 12.0 Å². The molecule has 1 atom stereocenters. The lowest BCUT2D eigenvalue weighted by Crippen LogP contribution is -2.33. The number of carbonyl (C=O) groups is 2. The van der Waals surface area contributed by atoms with Gasteiger partial charge in [0.25, 0.3) is 0 Å². The Balaban J connectivity index is 2.14. The van der Waals surface area contributed by atoms with E-state index in [-0.39, 0.29) is 11.5 Å². The standard InChI is InChI=1S/C16H23N5O3/c1-6-20-11(3)14(10(2)18-20)9-19(5)15(22)12(4)21-8-13(7-17-21)16(23)24/h7-8,12H,6,9H2,1-5H3,(H,23,24). The van der Waals surface area contributed by atoms with Gasteiger partial charge in [0, 0.05) is 37.6 Å². The highest BCUT2D eigenvalue weighted by molar-refractivity contribution is 5.87. The number of hydrogen-bond donors (Lipinski definition) is 1. The third kappa shape index (κ3) is 3.32. The molecule has 0 bridgehead atoms. The summed E-state index contributed by atoms with van der Waals surface area (Å²) >= 11 is 0. The van der Waals surface area contributed by atoms with E-state index in [2.05, 4.69) is 10.2 Å². The molecule has 0 aromatic carbocycles. The molecule has 8 nitrogen and oxygen atoms in total. The van der Waals surface area contributed by atoms with Crippen LogP contribution in [0.5, 0.6) is 0 Å². The quantitative estimate of drug-likeness (QED) is 0.867. The largest absolute Gasteiger partial charge is 0.478 e. The minimum atomic E-state index is -1.06. The van der Waals surface area contributed by atoms with Gasteiger partial charge in [0.1, 0.15) is 6.04 Å². The van der Waals surface area contributed by atoms with Gasteiger partial charge in [0.2, 0.25) is 5.91 Å². The lowest BCUT2D eigenvalue weighted by Gasteiger charge is -2.22. The smallest absolute Gasteiger partial charge is 0.338 e. The average molecular weight is 333 g/mol. The molecule has 2 aromatic heterocycles. The van der Waals surface area contributed by atoms with Crippen LogP contribution in [-0.4, -0.2) is 48.5 Å². The van der Waals surface area contributed by atoms with E-state index in [1.807, 2.05) is 25.5 Å². The van der Waals surface area contributed by atoms with Crippen LogP contribution in [0.4, 0.5) is 0 Å². The van der Waals surface area contributed by atoms with Crippen LogP contribution in [0.2, 0.25) is 0 Å². The van der Waals surface area contributed by atoms with Crippen LogP contribution in [-0.2, 0) is 17.9 Å². The molecule has 2 heterocycles. The fraction of sp³-hybridized carbons (Fsp3) is 0.500. The summed E-state index contributed by atoms with van der Waals surface area (Å²) in [5.41, 5.74) is 3.06. The predicted molar refractivity (Wildman–Crippen MR) is 87.7 cm³/mol. The van der Waals surface area contributed by atoms with Crippen LogP contribution in [0.1, 0.15) is 47.2 Å². The minimum Gasteiger partial charge on any atom is -0.478 e. The van der Waals surface area contributed by atoms with Crippen molar-refractivity contribution in [3.05, 3.63) is 34.9 Å². The number of aromatic nitrogens is 4. The molecule has 2 rings (SSSR count). The van der Waals surface area contributed by atoms with Gasteiger partial charge in [0.05, 0.1) is 17.5 Å². The van der Waals surface area contributed by atoms with Crippen molar-refractivity contribution in [1.29, 1.82) is 0 Å². The Morgan fingerprint density at radius 3 is 2.54 bits per heavy atom. The number of aromatic carboxylic acids is 1. The monoisotopic (exact) mass is 333 g/mol. The number of carboxylic acids is 1. The summed E-state index contributed by atoms with van der Waals surface area (Å²) in [6, 6.07) is -0.579. The topological polar surface area (TPSA) is 93.2 Å². The molecule has 1 unspecified atom stereocenters. The van der Waals surface area contributed by atoms with E-state index in [9.17, 15) is 9.59 Å². The Morgan fingerprint density at radius 2 is 2.04 bits per heavy atom. The number of hydrogen-bond acceptors (Lipinski definition) is 4. The highest BCUT2D eigenvalue weighted by Crippen LogP contribution is 2.17. The number of carbonyl (C=O) groups excluding carboxylic acids is 1. The van der Waals surface area contributed by atoms with Crippen LogP contribution in [0.25, 0.3) is 0 Å². The lowest BCUT2D eigenvalue weighted by atomic mass is 10.1. The first-order valence-corrected chi connectivity index (χ1v) is 7.81. The maximum Gasteiger partial charge on any atom is 0.338 e. The Bertz CT molecular complexity index is 762. The molecule has 0 aliphatic heterocycles. The predicted octanol–water partition coefficient (Wildman–Crippen LogP) is 1.63. The fourth-order valence-corrected chi connectivity index (χ4v) is 2.68. The molecular formula is C16H23N5O3. The van der Waals surface area contributed by atoms with E-state index in [0.717, 1.165) is 23.5 Å². The summed E-state index contributed by atoms with van der Waals surface area (Å²) in [5.74, 6) is -1.20. The molecule has 0 aliphatic carbocycles. The van der Waals surface area contributed by atoms with Crippen molar-refractivity contribution in [2.24, 2.45) is 0 Å². The number of aryl methyl sites for hydroxylation is 2. The van der Waals surface area contributed by atoms with Gasteiger partial charge in [-0.2, -0.15) is 10.2 Å². The molecule has 0 saturated carbocycles. The first-order chi connectivity index (χ1) is 11.3. The third-order valence-corrected chi connectivity index (χ3v) is 4.21. The van der Waals surface area contributed by atoms with Crippen molar-refractivity contribution in [3.8, 4) is 0 Å². The van der Waals surface area contributed by atoms with Gasteiger partial charge in [-0.1, -0.05) is 0 Å². The Kier molecular flexibility index (Phi) is 5.06. The zero-order chi connectivity index (χ0) is 18.0. The third-order valence-electron chi connectivity index (χ3n) is 4.21. The first-order valence-electron chi connectivity index (χ1n) is 7.81. The Labute approximate surface area is 140 Å². The van der Waals surface area contributed by atoms with Crippen LogP contribution >= 0.6 is 0 Å². The number of nitrogens with zero attached hydrogens (tertiary/aromatic N) is 5. The molecule has 24 heavy (non-hydrogen) atoms. The van der Waals surface area contributed by atoms with Crippen molar-refractivity contribution >= 4 is 11.9 Å². The van der Waals surface area contributed by atoms with E-state index in [1.54, 1.807) is 18.9 Å². The van der Waals surface area contributed by atoms with Crippen LogP contribution in [0.3, 0.4) is 0 Å². The van der Waals surface area contributed by atoms with Gasteiger partial charge in [-0.15, -0.1) is 0 Å². The maximum atomic E-state index is 12.6. The second kappa shape index (κ2) is 6.86. The van der Waals surface area contributed by atoms with E-state index in [4.69, 9.17) is 5.11 Å². The van der Waals surface area contributed by atoms with Crippen molar-refractivity contribution < 1.29 is 14.7 Å². The SMILES string of the molecule is CCn1nc(C)c(CN(C)C(=O)C(C)n2cc(C(=O)O)cn2)c1C. The molecule has 1 amide bonds. The van der Waals surface area contributed by atoms with Crippen molar-refractivity contribution in [2.75, 3.05) is 7.05 Å². The minimum absolute atomic E-state index is 0.0632. The molecule has 0 aliphatic rings. The summed E-state index contributed by atoms with van der Waals surface area (Å²) in [7, 11) is 1.72. The van der Waals surface area contributed by atoms with Crippen molar-refractivity contribution in [3.63, 3.8) is 0 Å². The molecule has 0 fully saturated rings. The molecule has 0 saturated heterocycles. The molecule has 8 heteroatoms. The van der Waals surface area contributed by atoms with Gasteiger partial charge >= 0.3 is 5.97 Å². The zero-order valence-electron chi connectivity index (χ0n) is 14.6. The summed E-state index contributed by atoms with van der Waals surface area (Å²) in [4.78, 5) is 25.2. The number of rotatable bonds is 6. The fourth-order valence-electron chi connectivity index (χ4n) is 2.68. The van der Waals surface area contributed by atoms with Crippen LogP contribution < -0.4 is 0 Å². The Morgan fingerprint density at radius 1 is 1.38 bits per heavy atom. The second-order valence-corrected chi connectivity index (χ2v) is 5.85. The highest BCUT2D eigenvalue weighted by Gasteiger charge is 2.23. The van der Waals surface area contributed by atoms with Crippen molar-refractivity contribution in [2.45, 2.75) is 46.8 Å². The molecular weight excluding hydrogens is 310 g/mol. The zero-order valence-corrected chi connectivity index (χ0v) is 14.6. The van der Waals surface area contributed by atoms with Gasteiger partial charge in [-0.25, -0.2) is 4.79 Å². The Hall–Kier alpha value is -2.64. The highest BCUT2D eigenvalue weighted by atomic mass is 16.4. The molecule has 2 aromatic rings. The van der Waals surface area contributed by atoms with Gasteiger partial charge in [-0.05, 0) is 27.7 Å². The van der Waals surface area contributed by atoms with Gasteiger partial charge in [0.15, 0.2) is 0 Å². The number of likely N-dealkylation sites (N-methyl/N-ethyl adjacent to an activating group) is 1. The molecule has 0 spiro atoms. The number of amides is 1. The molecule has 0 radical (unpaired) electrons.